The van der Waals surface area contributed by atoms with E-state index in [1.807, 2.05) is 12.1 Å². The van der Waals surface area contributed by atoms with Gasteiger partial charge in [0.25, 0.3) is 0 Å². The van der Waals surface area contributed by atoms with Crippen LogP contribution in [0.2, 0.25) is 0 Å². The molecule has 2 heterocycles. The number of aromatic nitrogens is 2. The van der Waals surface area contributed by atoms with E-state index in [9.17, 15) is 4.79 Å². The number of carbonyl (C=O) groups is 1. The molecule has 0 spiro atoms. The number of benzene rings is 3. The molecule has 6 nitrogen and oxygen atoms in total. The maximum Gasteiger partial charge on any atom is 0.308 e. The van der Waals surface area contributed by atoms with Crippen molar-refractivity contribution in [2.24, 2.45) is 14.1 Å². The van der Waals surface area contributed by atoms with Gasteiger partial charge >= 0.3 is 5.97 Å². The van der Waals surface area contributed by atoms with E-state index in [4.69, 9.17) is 14.2 Å². The van der Waals surface area contributed by atoms with Crippen LogP contribution in [0.3, 0.4) is 0 Å². The monoisotopic (exact) mass is 468 g/mol. The van der Waals surface area contributed by atoms with Crippen molar-refractivity contribution < 1.29 is 19.0 Å². The summed E-state index contributed by atoms with van der Waals surface area (Å²) in [4.78, 5) is 11.8. The maximum atomic E-state index is 11.8. The first kappa shape index (κ1) is 22.6. The molecule has 0 saturated carbocycles. The fraction of sp³-hybridized carbons (Fsp3) is 0.207. The van der Waals surface area contributed by atoms with E-state index < -0.39 is 5.97 Å². The number of hydrogen-bond donors (Lipinski definition) is 0. The number of para-hydroxylation sites is 2. The molecule has 35 heavy (non-hydrogen) atoms. The Balaban J connectivity index is 1.84. The van der Waals surface area contributed by atoms with Crippen molar-refractivity contribution >= 4 is 27.8 Å². The molecule has 0 bridgehead atoms. The van der Waals surface area contributed by atoms with Gasteiger partial charge in [-0.2, -0.15) is 0 Å². The lowest BCUT2D eigenvalue weighted by atomic mass is 9.84. The summed E-state index contributed by atoms with van der Waals surface area (Å²) in [6.07, 6.45) is 4.38. The molecule has 0 saturated heterocycles. The van der Waals surface area contributed by atoms with Gasteiger partial charge in [0.05, 0.1) is 14.2 Å². The van der Waals surface area contributed by atoms with Gasteiger partial charge in [0.15, 0.2) is 11.5 Å². The van der Waals surface area contributed by atoms with Crippen LogP contribution >= 0.6 is 0 Å². The summed E-state index contributed by atoms with van der Waals surface area (Å²) in [5, 5.41) is 2.35. The minimum atomic E-state index is -0.436. The molecule has 3 aromatic carbocycles. The second kappa shape index (κ2) is 8.87. The Kier molecular flexibility index (Phi) is 5.73. The minimum absolute atomic E-state index is 0.124. The Bertz CT molecular complexity index is 1460. The van der Waals surface area contributed by atoms with Gasteiger partial charge in [-0.15, -0.1) is 0 Å². The lowest BCUT2D eigenvalue weighted by molar-refractivity contribution is -0.132. The molecule has 0 atom stereocenters. The summed E-state index contributed by atoms with van der Waals surface area (Å²) in [6, 6.07) is 20.7. The van der Waals surface area contributed by atoms with E-state index in [0.29, 0.717) is 11.5 Å². The highest BCUT2D eigenvalue weighted by molar-refractivity contribution is 5.90. The predicted molar refractivity (Wildman–Crippen MR) is 138 cm³/mol. The van der Waals surface area contributed by atoms with Crippen molar-refractivity contribution in [1.29, 1.82) is 0 Å². The van der Waals surface area contributed by atoms with Crippen LogP contribution in [0, 0.1) is 0 Å². The first-order valence-electron chi connectivity index (χ1n) is 11.4. The third-order valence-electron chi connectivity index (χ3n) is 6.54. The molecule has 0 fully saturated rings. The Labute approximate surface area is 204 Å². The van der Waals surface area contributed by atoms with E-state index >= 15 is 0 Å². The number of fused-ring (bicyclic) bond motifs is 2. The number of hydrogen-bond acceptors (Lipinski definition) is 4. The molecule has 0 unspecified atom stereocenters. The highest BCUT2D eigenvalue weighted by Crippen LogP contribution is 2.46. The minimum Gasteiger partial charge on any atom is -0.493 e. The number of esters is 1. The average Bonchev–Trinajstić information content (AvgIpc) is 3.37. The summed E-state index contributed by atoms with van der Waals surface area (Å²) in [7, 11) is 7.26. The second-order valence-electron chi connectivity index (χ2n) is 8.71. The summed E-state index contributed by atoms with van der Waals surface area (Å²) < 4.78 is 21.1. The van der Waals surface area contributed by atoms with Crippen LogP contribution in [0.4, 0.5) is 0 Å². The lowest BCUT2D eigenvalue weighted by Crippen LogP contribution is -2.08. The molecule has 2 aromatic heterocycles. The van der Waals surface area contributed by atoms with Crippen molar-refractivity contribution in [3.05, 3.63) is 89.7 Å². The number of aryl methyl sites for hydroxylation is 2. The third kappa shape index (κ3) is 3.81. The summed E-state index contributed by atoms with van der Waals surface area (Å²) in [5.74, 6) is 0.608. The van der Waals surface area contributed by atoms with Gasteiger partial charge in [-0.1, -0.05) is 36.4 Å². The quantitative estimate of drug-likeness (QED) is 0.234. The van der Waals surface area contributed by atoms with E-state index in [0.717, 1.165) is 16.6 Å². The molecular formula is C29H28N2O4. The van der Waals surface area contributed by atoms with Crippen LogP contribution in [0.1, 0.15) is 29.5 Å². The van der Waals surface area contributed by atoms with Crippen LogP contribution in [-0.4, -0.2) is 29.3 Å². The number of rotatable bonds is 6. The van der Waals surface area contributed by atoms with E-state index in [1.54, 1.807) is 14.2 Å². The van der Waals surface area contributed by atoms with E-state index in [2.05, 4.69) is 84.2 Å². The van der Waals surface area contributed by atoms with Crippen LogP contribution in [0.5, 0.6) is 17.2 Å². The standard InChI is InChI=1S/C29H28N2O4/c1-18(32)35-29-26(33-4)14-19(15-27(29)34-5)28(22-16-30(2)24-12-8-6-10-20(22)24)23-17-31(3)25-13-9-7-11-21(23)25/h6-17,28H,1-5H3. The average molecular weight is 469 g/mol. The van der Waals surface area contributed by atoms with E-state index in [1.165, 1.54) is 28.8 Å². The van der Waals surface area contributed by atoms with Gasteiger partial charge in [0, 0.05) is 61.1 Å². The highest BCUT2D eigenvalue weighted by atomic mass is 16.6. The molecule has 6 heteroatoms. The fourth-order valence-electron chi connectivity index (χ4n) is 5.04. The zero-order valence-electron chi connectivity index (χ0n) is 20.5. The molecular weight excluding hydrogens is 440 g/mol. The molecule has 5 aromatic rings. The molecule has 0 aliphatic heterocycles. The van der Waals surface area contributed by atoms with Crippen molar-refractivity contribution in [2.45, 2.75) is 12.8 Å². The van der Waals surface area contributed by atoms with E-state index in [-0.39, 0.29) is 11.7 Å². The zero-order chi connectivity index (χ0) is 24.7. The zero-order valence-corrected chi connectivity index (χ0v) is 20.5. The summed E-state index contributed by atoms with van der Waals surface area (Å²) in [6.45, 7) is 1.36. The van der Waals surface area contributed by atoms with Gasteiger partial charge in [-0.25, -0.2) is 0 Å². The first-order chi connectivity index (χ1) is 16.9. The smallest absolute Gasteiger partial charge is 0.308 e. The van der Waals surface area contributed by atoms with Crippen molar-refractivity contribution in [1.82, 2.24) is 9.13 Å². The Morgan fingerprint density at radius 2 is 1.23 bits per heavy atom. The fourth-order valence-corrected chi connectivity index (χ4v) is 5.04. The summed E-state index contributed by atoms with van der Waals surface area (Å²) >= 11 is 0. The number of ether oxygens (including phenoxy) is 3. The van der Waals surface area contributed by atoms with Crippen LogP contribution in [0.25, 0.3) is 21.8 Å². The van der Waals surface area contributed by atoms with Crippen molar-refractivity contribution in [3.63, 3.8) is 0 Å². The highest BCUT2D eigenvalue weighted by Gasteiger charge is 2.27. The number of nitrogens with zero attached hydrogens (tertiary/aromatic N) is 2. The third-order valence-corrected chi connectivity index (χ3v) is 6.54. The van der Waals surface area contributed by atoms with Gasteiger partial charge < -0.3 is 23.3 Å². The molecule has 5 rings (SSSR count). The van der Waals surface area contributed by atoms with Crippen LogP contribution < -0.4 is 14.2 Å². The maximum absolute atomic E-state index is 11.8. The molecule has 0 radical (unpaired) electrons. The molecule has 0 N–H and O–H groups in total. The second-order valence-corrected chi connectivity index (χ2v) is 8.71. The van der Waals surface area contributed by atoms with Crippen molar-refractivity contribution in [3.8, 4) is 17.2 Å². The van der Waals surface area contributed by atoms with Gasteiger partial charge in [0.2, 0.25) is 5.75 Å². The largest absolute Gasteiger partial charge is 0.493 e. The van der Waals surface area contributed by atoms with Crippen LogP contribution in [0.15, 0.2) is 73.1 Å². The van der Waals surface area contributed by atoms with Crippen molar-refractivity contribution in [2.75, 3.05) is 14.2 Å². The lowest BCUT2D eigenvalue weighted by Gasteiger charge is -2.21. The molecule has 178 valence electrons. The van der Waals surface area contributed by atoms with Gasteiger partial charge in [-0.05, 0) is 41.0 Å². The topological polar surface area (TPSA) is 54.6 Å². The van der Waals surface area contributed by atoms with Crippen LogP contribution in [-0.2, 0) is 18.9 Å². The Morgan fingerprint density at radius 1 is 0.771 bits per heavy atom. The van der Waals surface area contributed by atoms with Gasteiger partial charge in [-0.3, -0.25) is 4.79 Å². The molecule has 0 aliphatic rings. The SMILES string of the molecule is COc1cc(C(c2cn(C)c3ccccc23)c2cn(C)c3ccccc23)cc(OC)c1OC(C)=O. The predicted octanol–water partition coefficient (Wildman–Crippen LogP) is 5.79. The Hall–Kier alpha value is -4.19. The molecule has 0 amide bonds. The van der Waals surface area contributed by atoms with Gasteiger partial charge in [0.1, 0.15) is 0 Å². The molecule has 0 aliphatic carbocycles. The number of carbonyl (C=O) groups excluding carboxylic acids is 1. The first-order valence-corrected chi connectivity index (χ1v) is 11.4. The normalized spacial score (nSPS) is 11.4. The number of methoxy groups -OCH3 is 2. The Morgan fingerprint density at radius 3 is 1.66 bits per heavy atom. The summed E-state index contributed by atoms with van der Waals surface area (Å²) in [5.41, 5.74) is 5.63.